The van der Waals surface area contributed by atoms with E-state index in [4.69, 9.17) is 11.5 Å². The van der Waals surface area contributed by atoms with Gasteiger partial charge in [0.25, 0.3) is 0 Å². The van der Waals surface area contributed by atoms with Gasteiger partial charge in [-0.15, -0.1) is 0 Å². The third kappa shape index (κ3) is 8.78. The molecule has 0 spiro atoms. The van der Waals surface area contributed by atoms with Crippen molar-refractivity contribution in [3.63, 3.8) is 0 Å². The predicted octanol–water partition coefficient (Wildman–Crippen LogP) is -1.22. The number of phenols is 1. The van der Waals surface area contributed by atoms with Crippen molar-refractivity contribution >= 4 is 40.5 Å². The second-order valence-electron chi connectivity index (χ2n) is 9.75. The molecule has 3 aromatic rings. The first-order chi connectivity index (χ1) is 20.0. The Morgan fingerprint density at radius 1 is 0.833 bits per heavy atom. The van der Waals surface area contributed by atoms with Crippen molar-refractivity contribution in [2.45, 2.75) is 49.9 Å². The van der Waals surface area contributed by atoms with Crippen LogP contribution in [0.5, 0.6) is 5.75 Å². The van der Waals surface area contributed by atoms with Gasteiger partial charge >= 0.3 is 5.97 Å². The van der Waals surface area contributed by atoms with E-state index in [0.717, 1.165) is 16.5 Å². The van der Waals surface area contributed by atoms with Crippen LogP contribution < -0.4 is 27.4 Å². The van der Waals surface area contributed by atoms with E-state index in [0.29, 0.717) is 5.56 Å². The van der Waals surface area contributed by atoms with Gasteiger partial charge in [-0.2, -0.15) is 0 Å². The highest BCUT2D eigenvalue weighted by molar-refractivity contribution is 5.95. The maximum absolute atomic E-state index is 13.3. The van der Waals surface area contributed by atoms with E-state index in [1.807, 2.05) is 24.3 Å². The molecule has 3 rings (SSSR count). The fourth-order valence-corrected chi connectivity index (χ4v) is 4.27. The van der Waals surface area contributed by atoms with Crippen molar-refractivity contribution < 1.29 is 39.3 Å². The number of carbonyl (C=O) groups is 5. The number of primary amides is 1. The second kappa shape index (κ2) is 14.6. The lowest BCUT2D eigenvalue weighted by molar-refractivity contribution is -0.143. The molecule has 14 heteroatoms. The average Bonchev–Trinajstić information content (AvgIpc) is 3.36. The molecule has 0 aliphatic heterocycles. The molecule has 0 saturated heterocycles. The monoisotopic (exact) mass is 582 g/mol. The molecule has 4 amide bonds. The first-order valence-electron chi connectivity index (χ1n) is 13.1. The maximum atomic E-state index is 13.3. The summed E-state index contributed by atoms with van der Waals surface area (Å²) >= 11 is 0. The number of fused-ring (bicyclic) bond motifs is 1. The number of aliphatic hydroxyl groups is 1. The Balaban J connectivity index is 1.77. The normalized spacial score (nSPS) is 13.9. The minimum Gasteiger partial charge on any atom is -0.508 e. The molecule has 14 nitrogen and oxygen atoms in total. The van der Waals surface area contributed by atoms with Gasteiger partial charge in [0.05, 0.1) is 12.6 Å². The van der Waals surface area contributed by atoms with Crippen molar-refractivity contribution in [2.75, 3.05) is 6.61 Å². The number of carbonyl (C=O) groups excluding carboxylic acids is 4. The van der Waals surface area contributed by atoms with Gasteiger partial charge in [0, 0.05) is 29.9 Å². The lowest BCUT2D eigenvalue weighted by Gasteiger charge is -2.25. The molecule has 1 aromatic heterocycles. The Morgan fingerprint density at radius 3 is 2.10 bits per heavy atom. The number of para-hydroxylation sites is 1. The molecule has 224 valence electrons. The lowest BCUT2D eigenvalue weighted by atomic mass is 10.0. The number of carboxylic acids is 1. The first kappa shape index (κ1) is 31.6. The van der Waals surface area contributed by atoms with Gasteiger partial charge in [-0.3, -0.25) is 19.2 Å². The molecule has 0 fully saturated rings. The zero-order valence-corrected chi connectivity index (χ0v) is 22.6. The Kier molecular flexibility index (Phi) is 11.0. The number of phenolic OH excluding ortho intramolecular Hbond substituents is 1. The van der Waals surface area contributed by atoms with Crippen LogP contribution in [0.2, 0.25) is 0 Å². The molecule has 1 heterocycles. The van der Waals surface area contributed by atoms with E-state index in [9.17, 15) is 39.3 Å². The summed E-state index contributed by atoms with van der Waals surface area (Å²) in [5.41, 5.74) is 13.6. The topological polar surface area (TPSA) is 250 Å². The van der Waals surface area contributed by atoms with Crippen molar-refractivity contribution in [3.05, 3.63) is 65.9 Å². The Labute approximate surface area is 240 Å². The number of aliphatic carboxylic acids is 1. The highest BCUT2D eigenvalue weighted by atomic mass is 16.4. The van der Waals surface area contributed by atoms with Crippen molar-refractivity contribution in [2.24, 2.45) is 11.5 Å². The van der Waals surface area contributed by atoms with Gasteiger partial charge in [-0.1, -0.05) is 30.3 Å². The second-order valence-corrected chi connectivity index (χ2v) is 9.75. The van der Waals surface area contributed by atoms with E-state index in [1.165, 1.54) is 24.3 Å². The molecule has 4 atom stereocenters. The number of nitrogens with two attached hydrogens (primary N) is 2. The van der Waals surface area contributed by atoms with E-state index >= 15 is 0 Å². The smallest absolute Gasteiger partial charge is 0.328 e. The van der Waals surface area contributed by atoms with Gasteiger partial charge in [-0.05, 0) is 42.2 Å². The van der Waals surface area contributed by atoms with Crippen molar-refractivity contribution in [1.29, 1.82) is 0 Å². The summed E-state index contributed by atoms with van der Waals surface area (Å²) in [6.07, 6.45) is 1.28. The number of aromatic nitrogens is 1. The van der Waals surface area contributed by atoms with Crippen LogP contribution in [0.15, 0.2) is 54.7 Å². The number of rotatable bonds is 15. The largest absolute Gasteiger partial charge is 0.508 e. The fourth-order valence-electron chi connectivity index (χ4n) is 4.27. The van der Waals surface area contributed by atoms with Crippen LogP contribution in [0.3, 0.4) is 0 Å². The number of aromatic hydroxyl groups is 1. The molecule has 11 N–H and O–H groups in total. The third-order valence-electron chi connectivity index (χ3n) is 6.57. The zero-order valence-electron chi connectivity index (χ0n) is 22.6. The molecule has 0 saturated carbocycles. The highest BCUT2D eigenvalue weighted by Crippen LogP contribution is 2.19. The van der Waals surface area contributed by atoms with Crippen LogP contribution in [-0.4, -0.2) is 80.7 Å². The van der Waals surface area contributed by atoms with E-state index in [-0.39, 0.29) is 31.4 Å². The van der Waals surface area contributed by atoms with Crippen molar-refractivity contribution in [1.82, 2.24) is 20.9 Å². The first-order valence-corrected chi connectivity index (χ1v) is 13.1. The molecular formula is C28H34N6O8. The molecule has 0 aliphatic carbocycles. The molecular weight excluding hydrogens is 548 g/mol. The Bertz CT molecular complexity index is 1420. The number of hydrogen-bond donors (Lipinski definition) is 9. The number of benzene rings is 2. The molecule has 4 unspecified atom stereocenters. The van der Waals surface area contributed by atoms with Crippen molar-refractivity contribution in [3.8, 4) is 5.75 Å². The zero-order chi connectivity index (χ0) is 30.8. The van der Waals surface area contributed by atoms with Crippen LogP contribution in [0.25, 0.3) is 10.9 Å². The SMILES string of the molecule is NC(=O)CCC(NC(=O)C(N)Cc1c[nH]c2ccccc12)C(=O)NC(Cc1ccc(O)cc1)C(=O)NC(CO)C(=O)O. The maximum Gasteiger partial charge on any atom is 0.328 e. The van der Waals surface area contributed by atoms with Crippen LogP contribution >= 0.6 is 0 Å². The fraction of sp³-hybridized carbons (Fsp3) is 0.321. The molecule has 42 heavy (non-hydrogen) atoms. The van der Waals surface area contributed by atoms with Gasteiger partial charge in [-0.25, -0.2) is 4.79 Å². The number of aromatic amines is 1. The number of carboxylic acid groups (broad SMARTS) is 1. The highest BCUT2D eigenvalue weighted by Gasteiger charge is 2.31. The Morgan fingerprint density at radius 2 is 1.45 bits per heavy atom. The summed E-state index contributed by atoms with van der Waals surface area (Å²) < 4.78 is 0. The van der Waals surface area contributed by atoms with Gasteiger partial charge in [0.15, 0.2) is 0 Å². The van der Waals surface area contributed by atoms with Gasteiger partial charge < -0.3 is 47.7 Å². The van der Waals surface area contributed by atoms with E-state index < -0.39 is 60.4 Å². The van der Waals surface area contributed by atoms with E-state index in [2.05, 4.69) is 20.9 Å². The number of amides is 4. The molecule has 0 radical (unpaired) electrons. The standard InChI is InChI=1S/C28H34N6O8/c29-19(12-16-13-31-20-4-2-1-3-18(16)20)25(38)32-21(9-10-24(30)37)26(39)33-22(11-15-5-7-17(36)8-6-15)27(40)34-23(14-35)28(41)42/h1-8,13,19,21-23,31,35-36H,9-12,14,29H2,(H2,30,37)(H,32,38)(H,33,39)(H,34,40)(H,41,42). The molecule has 0 aliphatic rings. The predicted molar refractivity (Wildman–Crippen MR) is 151 cm³/mol. The summed E-state index contributed by atoms with van der Waals surface area (Å²) in [5.74, 6) is -4.71. The number of nitrogens with one attached hydrogen (secondary N) is 4. The van der Waals surface area contributed by atoms with Crippen LogP contribution in [0.1, 0.15) is 24.0 Å². The minimum absolute atomic E-state index is 0.0341. The summed E-state index contributed by atoms with van der Waals surface area (Å²) in [4.78, 5) is 65.3. The summed E-state index contributed by atoms with van der Waals surface area (Å²) in [6.45, 7) is -0.896. The minimum atomic E-state index is -1.63. The van der Waals surface area contributed by atoms with Gasteiger partial charge in [0.2, 0.25) is 23.6 Å². The van der Waals surface area contributed by atoms with Crippen LogP contribution in [0, 0.1) is 0 Å². The lowest BCUT2D eigenvalue weighted by Crippen LogP contribution is -2.58. The molecule has 0 bridgehead atoms. The van der Waals surface area contributed by atoms with Crippen LogP contribution in [0.4, 0.5) is 0 Å². The third-order valence-corrected chi connectivity index (χ3v) is 6.57. The van der Waals surface area contributed by atoms with E-state index in [1.54, 1.807) is 6.20 Å². The quantitative estimate of drug-likeness (QED) is 0.104. The summed E-state index contributed by atoms with van der Waals surface area (Å²) in [7, 11) is 0. The van der Waals surface area contributed by atoms with Crippen LogP contribution in [-0.2, 0) is 36.8 Å². The summed E-state index contributed by atoms with van der Waals surface area (Å²) in [5, 5.41) is 36.2. The number of aliphatic hydroxyl groups excluding tert-OH is 1. The average molecular weight is 583 g/mol. The summed E-state index contributed by atoms with van der Waals surface area (Å²) in [6, 6.07) is 7.81. The Hall–Kier alpha value is -4.95. The molecule has 2 aromatic carbocycles. The number of hydrogen-bond acceptors (Lipinski definition) is 8. The van der Waals surface area contributed by atoms with Gasteiger partial charge in [0.1, 0.15) is 23.9 Å². The number of H-pyrrole nitrogens is 1.